The van der Waals surface area contributed by atoms with Crippen LogP contribution in [0.1, 0.15) is 28.4 Å². The summed E-state index contributed by atoms with van der Waals surface area (Å²) < 4.78 is 24.4. The lowest BCUT2D eigenvalue weighted by atomic mass is 10.1. The van der Waals surface area contributed by atoms with E-state index in [1.807, 2.05) is 13.0 Å². The molecule has 3 aromatic rings. The molecule has 0 spiro atoms. The molecular formula is C25H22FN3O5. The van der Waals surface area contributed by atoms with Crippen LogP contribution in [-0.4, -0.2) is 30.6 Å². The van der Waals surface area contributed by atoms with E-state index in [4.69, 9.17) is 9.47 Å². The van der Waals surface area contributed by atoms with Crippen LogP contribution >= 0.6 is 0 Å². The van der Waals surface area contributed by atoms with Gasteiger partial charge in [-0.1, -0.05) is 29.8 Å². The average Bonchev–Trinajstić information content (AvgIpc) is 2.83. The van der Waals surface area contributed by atoms with Gasteiger partial charge in [0.2, 0.25) is 0 Å². The highest BCUT2D eigenvalue weighted by Gasteiger charge is 2.16. The van der Waals surface area contributed by atoms with Crippen molar-refractivity contribution in [2.75, 3.05) is 12.4 Å². The number of carbonyl (C=O) groups is 3. The maximum Gasteiger partial charge on any atom is 0.343 e. The zero-order valence-corrected chi connectivity index (χ0v) is 18.7. The summed E-state index contributed by atoms with van der Waals surface area (Å²) in [6, 6.07) is 17.2. The first-order valence-corrected chi connectivity index (χ1v) is 10.2. The van der Waals surface area contributed by atoms with Crippen molar-refractivity contribution in [3.8, 4) is 11.5 Å². The molecule has 0 fully saturated rings. The summed E-state index contributed by atoms with van der Waals surface area (Å²) in [6.45, 7) is 3.47. The largest absolute Gasteiger partial charge is 0.493 e. The number of hydrogen-bond donors (Lipinski definition) is 2. The van der Waals surface area contributed by atoms with Crippen LogP contribution in [0.2, 0.25) is 0 Å². The highest BCUT2D eigenvalue weighted by atomic mass is 19.1. The van der Waals surface area contributed by atoms with Crippen molar-refractivity contribution in [2.24, 2.45) is 5.10 Å². The molecule has 174 valence electrons. The van der Waals surface area contributed by atoms with Gasteiger partial charge in [0, 0.05) is 5.56 Å². The number of hydrazone groups is 1. The van der Waals surface area contributed by atoms with E-state index in [-0.39, 0.29) is 17.2 Å². The Morgan fingerprint density at radius 3 is 2.35 bits per heavy atom. The van der Waals surface area contributed by atoms with E-state index < -0.39 is 23.6 Å². The van der Waals surface area contributed by atoms with Crippen LogP contribution in [0.25, 0.3) is 0 Å². The number of anilines is 1. The summed E-state index contributed by atoms with van der Waals surface area (Å²) in [7, 11) is 1.42. The molecule has 0 heterocycles. The zero-order valence-electron chi connectivity index (χ0n) is 18.7. The number of nitrogens with one attached hydrogen (secondary N) is 2. The number of rotatable bonds is 6. The van der Waals surface area contributed by atoms with Gasteiger partial charge in [-0.25, -0.2) is 14.6 Å². The Morgan fingerprint density at radius 1 is 0.882 bits per heavy atom. The Kier molecular flexibility index (Phi) is 7.71. The molecule has 0 aliphatic heterocycles. The average molecular weight is 463 g/mol. The summed E-state index contributed by atoms with van der Waals surface area (Å²) in [5.74, 6) is -2.86. The third kappa shape index (κ3) is 6.04. The molecule has 3 aromatic carbocycles. The lowest BCUT2D eigenvalue weighted by molar-refractivity contribution is -0.136. The Hall–Kier alpha value is -4.53. The third-order valence-electron chi connectivity index (χ3n) is 4.69. The standard InChI is InChI=1S/C25H22FN3O5/c1-15-7-6-8-18(13-15)25(32)34-21-12-11-17(14-22(21)33-3)16(2)28-29-24(31)23(30)27-20-10-5-4-9-19(20)26/h4-14H,1-3H3,(H,27,30)(H,29,31)/b28-16+. The Bertz CT molecular complexity index is 1270. The minimum absolute atomic E-state index is 0.121. The molecule has 3 rings (SSSR count). The number of aryl methyl sites for hydroxylation is 1. The number of methoxy groups -OCH3 is 1. The Morgan fingerprint density at radius 2 is 1.65 bits per heavy atom. The highest BCUT2D eigenvalue weighted by molar-refractivity contribution is 6.39. The van der Waals surface area contributed by atoms with E-state index in [0.717, 1.165) is 11.6 Å². The number of nitrogens with zero attached hydrogens (tertiary/aromatic N) is 1. The van der Waals surface area contributed by atoms with Gasteiger partial charge in [-0.15, -0.1) is 0 Å². The fourth-order valence-electron chi connectivity index (χ4n) is 2.90. The quantitative estimate of drug-likeness (QED) is 0.190. The second-order valence-electron chi connectivity index (χ2n) is 7.20. The number of benzene rings is 3. The molecule has 0 atom stereocenters. The van der Waals surface area contributed by atoms with Crippen molar-refractivity contribution in [3.63, 3.8) is 0 Å². The molecule has 34 heavy (non-hydrogen) atoms. The Balaban J connectivity index is 1.68. The summed E-state index contributed by atoms with van der Waals surface area (Å²) in [5.41, 5.74) is 4.22. The fraction of sp³-hybridized carbons (Fsp3) is 0.120. The highest BCUT2D eigenvalue weighted by Crippen LogP contribution is 2.29. The molecule has 0 saturated carbocycles. The predicted octanol–water partition coefficient (Wildman–Crippen LogP) is 3.84. The molecule has 9 heteroatoms. The lowest BCUT2D eigenvalue weighted by Crippen LogP contribution is -2.33. The van der Waals surface area contributed by atoms with Gasteiger partial charge in [0.15, 0.2) is 11.5 Å². The smallest absolute Gasteiger partial charge is 0.343 e. The van der Waals surface area contributed by atoms with E-state index in [1.165, 1.54) is 31.4 Å². The summed E-state index contributed by atoms with van der Waals surface area (Å²) in [4.78, 5) is 36.4. The summed E-state index contributed by atoms with van der Waals surface area (Å²) in [5, 5.41) is 6.07. The van der Waals surface area contributed by atoms with Gasteiger partial charge in [0.25, 0.3) is 0 Å². The molecule has 0 saturated heterocycles. The van der Waals surface area contributed by atoms with E-state index in [0.29, 0.717) is 16.8 Å². The lowest BCUT2D eigenvalue weighted by Gasteiger charge is -2.11. The van der Waals surface area contributed by atoms with Crippen molar-refractivity contribution in [3.05, 3.63) is 89.2 Å². The second-order valence-corrected chi connectivity index (χ2v) is 7.20. The summed E-state index contributed by atoms with van der Waals surface area (Å²) in [6.07, 6.45) is 0. The minimum atomic E-state index is -1.07. The predicted molar refractivity (Wildman–Crippen MR) is 125 cm³/mol. The number of esters is 1. The van der Waals surface area contributed by atoms with Crippen molar-refractivity contribution in [2.45, 2.75) is 13.8 Å². The SMILES string of the molecule is COc1cc(/C(C)=N/NC(=O)C(=O)Nc2ccccc2F)ccc1OC(=O)c1cccc(C)c1. The number of halogens is 1. The van der Waals surface area contributed by atoms with Gasteiger partial charge in [-0.3, -0.25) is 9.59 Å². The molecular weight excluding hydrogens is 441 g/mol. The number of carbonyl (C=O) groups excluding carboxylic acids is 3. The molecule has 0 aliphatic rings. The van der Waals surface area contributed by atoms with E-state index in [9.17, 15) is 18.8 Å². The van der Waals surface area contributed by atoms with Crippen LogP contribution in [0.15, 0.2) is 71.8 Å². The van der Waals surface area contributed by atoms with Crippen molar-refractivity contribution >= 4 is 29.2 Å². The van der Waals surface area contributed by atoms with E-state index >= 15 is 0 Å². The number of para-hydroxylation sites is 1. The molecule has 0 radical (unpaired) electrons. The van der Waals surface area contributed by atoms with Crippen LogP contribution in [0.5, 0.6) is 11.5 Å². The molecule has 0 aliphatic carbocycles. The number of hydrogen-bond acceptors (Lipinski definition) is 6. The van der Waals surface area contributed by atoms with Gasteiger partial charge in [0.1, 0.15) is 5.82 Å². The van der Waals surface area contributed by atoms with Gasteiger partial charge >= 0.3 is 17.8 Å². The molecule has 0 bridgehead atoms. The first-order chi connectivity index (χ1) is 16.3. The fourth-order valence-corrected chi connectivity index (χ4v) is 2.90. The first kappa shape index (κ1) is 24.1. The number of ether oxygens (including phenoxy) is 2. The molecule has 0 unspecified atom stereocenters. The van der Waals surface area contributed by atoms with Crippen LogP contribution in [0, 0.1) is 12.7 Å². The van der Waals surface area contributed by atoms with E-state index in [1.54, 1.807) is 37.3 Å². The zero-order chi connectivity index (χ0) is 24.7. The van der Waals surface area contributed by atoms with Crippen molar-refractivity contribution in [1.82, 2.24) is 5.43 Å². The Labute approximate surface area is 195 Å². The molecule has 2 N–H and O–H groups in total. The number of amides is 2. The van der Waals surface area contributed by atoms with Crippen LogP contribution < -0.4 is 20.2 Å². The topological polar surface area (TPSA) is 106 Å². The first-order valence-electron chi connectivity index (χ1n) is 10.2. The van der Waals surface area contributed by atoms with Gasteiger partial charge in [-0.2, -0.15) is 5.10 Å². The van der Waals surface area contributed by atoms with Gasteiger partial charge < -0.3 is 14.8 Å². The molecule has 2 amide bonds. The van der Waals surface area contributed by atoms with Crippen LogP contribution in [-0.2, 0) is 9.59 Å². The summed E-state index contributed by atoms with van der Waals surface area (Å²) >= 11 is 0. The van der Waals surface area contributed by atoms with Crippen LogP contribution in [0.3, 0.4) is 0 Å². The maximum atomic E-state index is 13.6. The third-order valence-corrected chi connectivity index (χ3v) is 4.69. The monoisotopic (exact) mass is 463 g/mol. The molecule has 0 aromatic heterocycles. The van der Waals surface area contributed by atoms with Crippen molar-refractivity contribution < 1.29 is 28.2 Å². The van der Waals surface area contributed by atoms with Crippen molar-refractivity contribution in [1.29, 1.82) is 0 Å². The maximum absolute atomic E-state index is 13.6. The normalized spacial score (nSPS) is 10.9. The van der Waals surface area contributed by atoms with Gasteiger partial charge in [-0.05, 0) is 56.3 Å². The van der Waals surface area contributed by atoms with Crippen LogP contribution in [0.4, 0.5) is 10.1 Å². The minimum Gasteiger partial charge on any atom is -0.493 e. The second kappa shape index (κ2) is 10.9. The molecule has 8 nitrogen and oxygen atoms in total. The van der Waals surface area contributed by atoms with E-state index in [2.05, 4.69) is 15.8 Å². The van der Waals surface area contributed by atoms with Gasteiger partial charge in [0.05, 0.1) is 24.1 Å².